The quantitative estimate of drug-likeness (QED) is 0.805. The molecule has 3 rings (SSSR count). The molecule has 0 bridgehead atoms. The first-order valence-corrected chi connectivity index (χ1v) is 6.94. The fraction of sp³-hybridized carbons (Fsp3) is 0.769. The smallest absolute Gasteiger partial charge is 0.251 e. The summed E-state index contributed by atoms with van der Waals surface area (Å²) in [6, 6.07) is 0. The van der Waals surface area contributed by atoms with Gasteiger partial charge in [-0.25, -0.2) is 0 Å². The number of aryl methyl sites for hydroxylation is 1. The highest BCUT2D eigenvalue weighted by atomic mass is 16.5. The van der Waals surface area contributed by atoms with Gasteiger partial charge in [0.15, 0.2) is 0 Å². The maximum atomic E-state index is 12.2. The van der Waals surface area contributed by atoms with Crippen molar-refractivity contribution in [1.29, 1.82) is 0 Å². The van der Waals surface area contributed by atoms with Crippen molar-refractivity contribution in [3.05, 3.63) is 11.8 Å². The van der Waals surface area contributed by atoms with Crippen LogP contribution in [0.1, 0.15) is 43.4 Å². The summed E-state index contributed by atoms with van der Waals surface area (Å²) >= 11 is 0. The molecule has 0 N–H and O–H groups in total. The zero-order valence-electron chi connectivity index (χ0n) is 11.2. The fourth-order valence-electron chi connectivity index (χ4n) is 2.80. The first-order chi connectivity index (χ1) is 9.24. The van der Waals surface area contributed by atoms with E-state index in [2.05, 4.69) is 10.2 Å². The maximum Gasteiger partial charge on any atom is 0.251 e. The number of nitrogens with zero attached hydrogens (tertiary/aromatic N) is 3. The average molecular weight is 265 g/mol. The molecule has 1 aromatic rings. The van der Waals surface area contributed by atoms with E-state index in [-0.39, 0.29) is 17.9 Å². The number of carbonyl (C=O) groups excluding carboxylic acids is 1. The van der Waals surface area contributed by atoms with Gasteiger partial charge in [-0.05, 0) is 25.7 Å². The van der Waals surface area contributed by atoms with Crippen molar-refractivity contribution in [3.63, 3.8) is 0 Å². The Morgan fingerprint density at radius 1 is 1.26 bits per heavy atom. The van der Waals surface area contributed by atoms with Crippen molar-refractivity contribution in [1.82, 2.24) is 15.1 Å². The predicted octanol–water partition coefficient (Wildman–Crippen LogP) is 1.26. The lowest BCUT2D eigenvalue weighted by molar-refractivity contribution is -0.142. The largest absolute Gasteiger partial charge is 0.425 e. The van der Waals surface area contributed by atoms with Crippen molar-refractivity contribution in [2.75, 3.05) is 19.7 Å². The van der Waals surface area contributed by atoms with Crippen molar-refractivity contribution in [3.8, 4) is 0 Å². The van der Waals surface area contributed by atoms with Crippen molar-refractivity contribution in [2.45, 2.75) is 44.6 Å². The summed E-state index contributed by atoms with van der Waals surface area (Å²) in [6.07, 6.45) is 3.43. The molecule has 0 aliphatic carbocycles. The molecule has 19 heavy (non-hydrogen) atoms. The van der Waals surface area contributed by atoms with E-state index in [1.54, 1.807) is 6.92 Å². The van der Waals surface area contributed by atoms with Crippen LogP contribution in [0.4, 0.5) is 0 Å². The Bertz CT molecular complexity index is 446. The van der Waals surface area contributed by atoms with Gasteiger partial charge in [-0.3, -0.25) is 4.79 Å². The molecule has 3 heterocycles. The monoisotopic (exact) mass is 265 g/mol. The Morgan fingerprint density at radius 3 is 2.63 bits per heavy atom. The Morgan fingerprint density at radius 2 is 2.05 bits per heavy atom. The predicted molar refractivity (Wildman–Crippen MR) is 66.6 cm³/mol. The van der Waals surface area contributed by atoms with Crippen LogP contribution in [0.25, 0.3) is 0 Å². The third-order valence-corrected chi connectivity index (χ3v) is 3.90. The second kappa shape index (κ2) is 5.28. The third kappa shape index (κ3) is 2.63. The van der Waals surface area contributed by atoms with Crippen LogP contribution in [0.5, 0.6) is 0 Å². The maximum absolute atomic E-state index is 12.2. The lowest BCUT2D eigenvalue weighted by atomic mass is 9.96. The normalized spacial score (nSPS) is 24.9. The number of ether oxygens (including phenoxy) is 1. The topological polar surface area (TPSA) is 68.5 Å². The van der Waals surface area contributed by atoms with Gasteiger partial charge in [-0.15, -0.1) is 10.2 Å². The second-order valence-corrected chi connectivity index (χ2v) is 5.26. The van der Waals surface area contributed by atoms with Gasteiger partial charge in [-0.2, -0.15) is 0 Å². The van der Waals surface area contributed by atoms with E-state index in [9.17, 15) is 4.79 Å². The molecule has 6 heteroatoms. The molecule has 2 aliphatic heterocycles. The molecule has 0 spiro atoms. The second-order valence-electron chi connectivity index (χ2n) is 5.26. The Hall–Kier alpha value is -1.43. The van der Waals surface area contributed by atoms with Crippen LogP contribution in [-0.4, -0.2) is 46.8 Å². The lowest BCUT2D eigenvalue weighted by Gasteiger charge is -2.31. The molecule has 0 aromatic carbocycles. The molecule has 1 amide bonds. The number of likely N-dealkylation sites (tertiary alicyclic amines) is 1. The van der Waals surface area contributed by atoms with Crippen LogP contribution >= 0.6 is 0 Å². The highest BCUT2D eigenvalue weighted by molar-refractivity contribution is 5.81. The minimum absolute atomic E-state index is 0.151. The van der Waals surface area contributed by atoms with Crippen LogP contribution < -0.4 is 0 Å². The summed E-state index contributed by atoms with van der Waals surface area (Å²) in [6.45, 7) is 4.02. The fourth-order valence-corrected chi connectivity index (χ4v) is 2.80. The number of aromatic nitrogens is 2. The molecule has 1 aromatic heterocycles. The molecule has 2 saturated heterocycles. The van der Waals surface area contributed by atoms with Crippen LogP contribution in [0.2, 0.25) is 0 Å². The zero-order chi connectivity index (χ0) is 13.2. The highest BCUT2D eigenvalue weighted by Gasteiger charge is 2.32. The van der Waals surface area contributed by atoms with Crippen LogP contribution in [0, 0.1) is 6.92 Å². The molecular weight excluding hydrogens is 246 g/mol. The van der Waals surface area contributed by atoms with Crippen LogP contribution in [-0.2, 0) is 9.53 Å². The van der Waals surface area contributed by atoms with Gasteiger partial charge in [0.2, 0.25) is 11.8 Å². The summed E-state index contributed by atoms with van der Waals surface area (Å²) in [4.78, 5) is 14.1. The molecule has 1 unspecified atom stereocenters. The van der Waals surface area contributed by atoms with Gasteiger partial charge in [0.25, 0.3) is 5.91 Å². The molecule has 104 valence electrons. The number of piperidine rings is 1. The molecule has 1 atom stereocenters. The third-order valence-electron chi connectivity index (χ3n) is 3.90. The van der Waals surface area contributed by atoms with Gasteiger partial charge >= 0.3 is 0 Å². The standard InChI is InChI=1S/C13H19N3O3/c1-9-14-15-12(19-9)10-4-6-16(7-5-10)13(17)11-3-2-8-18-11/h10-11H,2-8H2,1H3. The lowest BCUT2D eigenvalue weighted by Crippen LogP contribution is -2.43. The molecule has 2 fully saturated rings. The summed E-state index contributed by atoms with van der Waals surface area (Å²) < 4.78 is 10.9. The van der Waals surface area contributed by atoms with Gasteiger partial charge in [0.1, 0.15) is 6.10 Å². The Kier molecular flexibility index (Phi) is 3.50. The van der Waals surface area contributed by atoms with E-state index in [1.807, 2.05) is 4.90 Å². The minimum atomic E-state index is -0.206. The average Bonchev–Trinajstić information content (AvgIpc) is 3.09. The van der Waals surface area contributed by atoms with Crippen molar-refractivity contribution >= 4 is 5.91 Å². The number of carbonyl (C=O) groups is 1. The molecule has 0 radical (unpaired) electrons. The van der Waals surface area contributed by atoms with Gasteiger partial charge < -0.3 is 14.1 Å². The van der Waals surface area contributed by atoms with Crippen molar-refractivity contribution in [2.24, 2.45) is 0 Å². The minimum Gasteiger partial charge on any atom is -0.425 e. The Balaban J connectivity index is 1.55. The number of rotatable bonds is 2. The number of hydrogen-bond donors (Lipinski definition) is 0. The van der Waals surface area contributed by atoms with Crippen LogP contribution in [0.15, 0.2) is 4.42 Å². The zero-order valence-corrected chi connectivity index (χ0v) is 11.2. The number of hydrogen-bond acceptors (Lipinski definition) is 5. The highest BCUT2D eigenvalue weighted by Crippen LogP contribution is 2.28. The van der Waals surface area contributed by atoms with E-state index in [0.29, 0.717) is 18.4 Å². The molecule has 6 nitrogen and oxygen atoms in total. The SMILES string of the molecule is Cc1nnc(C2CCN(C(=O)C3CCCO3)CC2)o1. The summed E-state index contributed by atoms with van der Waals surface area (Å²) in [5.74, 6) is 1.75. The summed E-state index contributed by atoms with van der Waals surface area (Å²) in [5, 5.41) is 7.93. The van der Waals surface area contributed by atoms with Crippen molar-refractivity contribution < 1.29 is 13.9 Å². The molecule has 0 saturated carbocycles. The Labute approximate surface area is 112 Å². The van der Waals surface area contributed by atoms with Crippen LogP contribution in [0.3, 0.4) is 0 Å². The summed E-state index contributed by atoms with van der Waals surface area (Å²) in [7, 11) is 0. The summed E-state index contributed by atoms with van der Waals surface area (Å²) in [5.41, 5.74) is 0. The van der Waals surface area contributed by atoms with Gasteiger partial charge in [0, 0.05) is 32.5 Å². The first-order valence-electron chi connectivity index (χ1n) is 6.94. The first kappa shape index (κ1) is 12.6. The van der Waals surface area contributed by atoms with Gasteiger partial charge in [-0.1, -0.05) is 0 Å². The molecular formula is C13H19N3O3. The van der Waals surface area contributed by atoms with E-state index in [1.165, 1.54) is 0 Å². The van der Waals surface area contributed by atoms with Gasteiger partial charge in [0.05, 0.1) is 0 Å². The van der Waals surface area contributed by atoms with E-state index >= 15 is 0 Å². The molecule has 2 aliphatic rings. The van der Waals surface area contributed by atoms with E-state index in [4.69, 9.17) is 9.15 Å². The van der Waals surface area contributed by atoms with E-state index < -0.39 is 0 Å². The van der Waals surface area contributed by atoms with E-state index in [0.717, 1.165) is 38.8 Å². The number of amides is 1.